The van der Waals surface area contributed by atoms with Crippen molar-refractivity contribution >= 4 is 34.7 Å². The Morgan fingerprint density at radius 1 is 1.30 bits per heavy atom. The maximum Gasteiger partial charge on any atom is 0.270 e. The number of nitrogens with zero attached hydrogens (tertiary/aromatic N) is 4. The van der Waals surface area contributed by atoms with Crippen LogP contribution in [0.5, 0.6) is 0 Å². The second-order valence-corrected chi connectivity index (χ2v) is 9.09. The van der Waals surface area contributed by atoms with E-state index in [-0.39, 0.29) is 5.91 Å². The summed E-state index contributed by atoms with van der Waals surface area (Å²) >= 11 is 7.92. The molecule has 1 saturated heterocycles. The first-order chi connectivity index (χ1) is 16.1. The van der Waals surface area contributed by atoms with Crippen molar-refractivity contribution in [2.24, 2.45) is 0 Å². The van der Waals surface area contributed by atoms with Gasteiger partial charge in [0.25, 0.3) is 5.91 Å². The Morgan fingerprint density at radius 3 is 2.82 bits per heavy atom. The number of amides is 1. The smallest absolute Gasteiger partial charge is 0.270 e. The molecule has 1 fully saturated rings. The minimum absolute atomic E-state index is 0.0746. The molecule has 2 N–H and O–H groups in total. The van der Waals surface area contributed by atoms with Crippen LogP contribution in [0.15, 0.2) is 48.4 Å². The van der Waals surface area contributed by atoms with Crippen molar-refractivity contribution in [1.29, 1.82) is 0 Å². The maximum atomic E-state index is 11.9. The molecule has 33 heavy (non-hydrogen) atoms. The van der Waals surface area contributed by atoms with Gasteiger partial charge in [-0.2, -0.15) is 4.37 Å². The van der Waals surface area contributed by atoms with Gasteiger partial charge in [-0.3, -0.25) is 9.69 Å². The summed E-state index contributed by atoms with van der Waals surface area (Å²) in [5, 5.41) is 5.67. The number of piperazine rings is 1. The summed E-state index contributed by atoms with van der Waals surface area (Å²) in [6.45, 7) is 9.22. The molecule has 2 aromatic heterocycles. The third kappa shape index (κ3) is 7.55. The summed E-state index contributed by atoms with van der Waals surface area (Å²) in [5.41, 5.74) is 2.90. The van der Waals surface area contributed by atoms with Crippen molar-refractivity contribution in [1.82, 2.24) is 24.6 Å². The molecule has 1 aliphatic rings. The average Bonchev–Trinajstić information content (AvgIpc) is 3.57. The third-order valence-corrected chi connectivity index (χ3v) is 6.78. The Kier molecular flexibility index (Phi) is 10.2. The number of carbonyl (C=O) groups excluding carboxylic acids is 1. The van der Waals surface area contributed by atoms with E-state index < -0.39 is 0 Å². The fraction of sp³-hybridized carbons (Fsp3) is 0.458. The van der Waals surface area contributed by atoms with E-state index in [1.807, 2.05) is 5.38 Å². The number of imidazole rings is 1. The summed E-state index contributed by atoms with van der Waals surface area (Å²) in [7, 11) is 0. The summed E-state index contributed by atoms with van der Waals surface area (Å²) in [5.74, 6) is -0.0746. The number of carbonyl (C=O) groups is 1. The lowest BCUT2D eigenvalue weighted by molar-refractivity contribution is 0.0948. The molecule has 4 rings (SSSR count). The number of hydrogen-bond acceptors (Lipinski definition) is 6. The number of aromatic amines is 1. The van der Waals surface area contributed by atoms with Gasteiger partial charge in [0, 0.05) is 50.0 Å². The molecule has 178 valence electrons. The van der Waals surface area contributed by atoms with Gasteiger partial charge in [0.15, 0.2) is 0 Å². The number of anilines is 1. The first-order valence-electron chi connectivity index (χ1n) is 11.5. The molecule has 0 saturated carbocycles. The Balaban J connectivity index is 0.000000541. The Bertz CT molecular complexity index is 933. The molecule has 3 aromatic rings. The number of benzene rings is 1. The minimum atomic E-state index is -0.0746. The number of unbranched alkanes of at least 4 members (excludes halogenated alkanes) is 1. The standard InChI is InChI=1S/C21H29ClN4OS.C3H4N2/c1-3-17-7-6-8-19(20(17)22)26-13-12-25(16(2)15-26)11-5-4-10-23-21(27)18-9-14-28-24-18;1-2-5-3-4-1/h6-9,14,16H,3-5,10-13,15H2,1-2H3,(H,23,27);1-3H,(H,4,5). The largest absolute Gasteiger partial charge is 0.367 e. The molecule has 1 amide bonds. The fourth-order valence-electron chi connectivity index (χ4n) is 3.91. The zero-order valence-corrected chi connectivity index (χ0v) is 20.9. The number of aromatic nitrogens is 3. The molecule has 0 bridgehead atoms. The van der Waals surface area contributed by atoms with Gasteiger partial charge in [0.1, 0.15) is 5.69 Å². The second kappa shape index (κ2) is 13.3. The number of H-pyrrole nitrogens is 1. The first-order valence-corrected chi connectivity index (χ1v) is 12.7. The van der Waals surface area contributed by atoms with Crippen molar-refractivity contribution < 1.29 is 4.79 Å². The van der Waals surface area contributed by atoms with E-state index >= 15 is 0 Å². The number of rotatable bonds is 8. The van der Waals surface area contributed by atoms with Crippen LogP contribution in [0.4, 0.5) is 5.69 Å². The van der Waals surface area contributed by atoms with Crippen LogP contribution in [0.3, 0.4) is 0 Å². The molecular formula is C24H33ClN6OS. The molecule has 7 nitrogen and oxygen atoms in total. The van der Waals surface area contributed by atoms with Crippen LogP contribution in [0.1, 0.15) is 42.7 Å². The number of nitrogens with one attached hydrogen (secondary N) is 2. The van der Waals surface area contributed by atoms with Crippen LogP contribution < -0.4 is 10.2 Å². The van der Waals surface area contributed by atoms with Gasteiger partial charge in [0.2, 0.25) is 0 Å². The zero-order valence-electron chi connectivity index (χ0n) is 19.3. The van der Waals surface area contributed by atoms with Gasteiger partial charge in [-0.25, -0.2) is 4.98 Å². The SMILES string of the molecule is CCc1cccc(N2CCN(CCCCNC(=O)c3ccsn3)C(C)C2)c1Cl.c1c[nH]cn1. The summed E-state index contributed by atoms with van der Waals surface area (Å²) < 4.78 is 4.05. The fourth-order valence-corrected chi connectivity index (χ4v) is 4.79. The van der Waals surface area contributed by atoms with Gasteiger partial charge in [-0.1, -0.05) is 30.7 Å². The van der Waals surface area contributed by atoms with E-state index in [1.165, 1.54) is 17.1 Å². The molecule has 0 aliphatic carbocycles. The lowest BCUT2D eigenvalue weighted by Crippen LogP contribution is -2.52. The van der Waals surface area contributed by atoms with E-state index in [1.54, 1.807) is 24.8 Å². The molecule has 1 aliphatic heterocycles. The van der Waals surface area contributed by atoms with Crippen LogP contribution >= 0.6 is 23.1 Å². The molecule has 1 aromatic carbocycles. The van der Waals surface area contributed by atoms with E-state index in [0.717, 1.165) is 56.2 Å². The van der Waals surface area contributed by atoms with E-state index in [9.17, 15) is 4.79 Å². The highest BCUT2D eigenvalue weighted by molar-refractivity contribution is 7.03. The summed E-state index contributed by atoms with van der Waals surface area (Å²) in [4.78, 5) is 23.2. The number of halogens is 1. The summed E-state index contributed by atoms with van der Waals surface area (Å²) in [6.07, 6.45) is 8.10. The third-order valence-electron chi connectivity index (χ3n) is 5.78. The van der Waals surface area contributed by atoms with E-state index in [0.29, 0.717) is 18.3 Å². The quantitative estimate of drug-likeness (QED) is 0.457. The molecular weight excluding hydrogens is 456 g/mol. The molecule has 9 heteroatoms. The number of hydrogen-bond donors (Lipinski definition) is 2. The minimum Gasteiger partial charge on any atom is -0.367 e. The Labute approximate surface area is 205 Å². The van der Waals surface area contributed by atoms with E-state index in [2.05, 4.69) is 61.5 Å². The summed E-state index contributed by atoms with van der Waals surface area (Å²) in [6, 6.07) is 8.59. The second-order valence-electron chi connectivity index (χ2n) is 8.04. The van der Waals surface area contributed by atoms with Crippen molar-refractivity contribution in [2.75, 3.05) is 37.6 Å². The predicted octanol–water partition coefficient (Wildman–Crippen LogP) is 4.49. The van der Waals surface area contributed by atoms with Crippen molar-refractivity contribution in [3.8, 4) is 0 Å². The lowest BCUT2D eigenvalue weighted by Gasteiger charge is -2.41. The van der Waals surface area contributed by atoms with Crippen molar-refractivity contribution in [3.63, 3.8) is 0 Å². The van der Waals surface area contributed by atoms with Gasteiger partial charge in [-0.15, -0.1) is 0 Å². The molecule has 1 unspecified atom stereocenters. The monoisotopic (exact) mass is 488 g/mol. The molecule has 0 radical (unpaired) electrons. The average molecular weight is 489 g/mol. The van der Waals surface area contributed by atoms with Gasteiger partial charge in [-0.05, 0) is 62.0 Å². The zero-order chi connectivity index (χ0) is 23.5. The predicted molar refractivity (Wildman–Crippen MR) is 136 cm³/mol. The normalized spacial score (nSPS) is 16.2. The van der Waals surface area contributed by atoms with Gasteiger partial charge < -0.3 is 15.2 Å². The van der Waals surface area contributed by atoms with E-state index in [4.69, 9.17) is 11.6 Å². The van der Waals surface area contributed by atoms with Gasteiger partial charge >= 0.3 is 0 Å². The number of aryl methyl sites for hydroxylation is 1. The van der Waals surface area contributed by atoms with Crippen LogP contribution in [-0.2, 0) is 6.42 Å². The maximum absolute atomic E-state index is 11.9. The molecule has 3 heterocycles. The van der Waals surface area contributed by atoms with Crippen LogP contribution in [0.25, 0.3) is 0 Å². The molecule has 1 atom stereocenters. The Hall–Kier alpha value is -2.42. The van der Waals surface area contributed by atoms with Gasteiger partial charge in [0.05, 0.1) is 17.0 Å². The molecule has 0 spiro atoms. The first kappa shape index (κ1) is 25.2. The van der Waals surface area contributed by atoms with Crippen molar-refractivity contribution in [2.45, 2.75) is 39.2 Å². The highest BCUT2D eigenvalue weighted by Crippen LogP contribution is 2.31. The van der Waals surface area contributed by atoms with Crippen LogP contribution in [0, 0.1) is 0 Å². The van der Waals surface area contributed by atoms with Crippen LogP contribution in [0.2, 0.25) is 5.02 Å². The topological polar surface area (TPSA) is 77.1 Å². The van der Waals surface area contributed by atoms with Crippen molar-refractivity contribution in [3.05, 3.63) is 64.6 Å². The lowest BCUT2D eigenvalue weighted by atomic mass is 10.1. The highest BCUT2D eigenvalue weighted by Gasteiger charge is 2.24. The Morgan fingerprint density at radius 2 is 2.18 bits per heavy atom. The van der Waals surface area contributed by atoms with Crippen LogP contribution in [-0.4, -0.2) is 63.9 Å². The highest BCUT2D eigenvalue weighted by atomic mass is 35.5.